The van der Waals surface area contributed by atoms with Gasteiger partial charge in [-0.15, -0.1) is 0 Å². The van der Waals surface area contributed by atoms with Gasteiger partial charge in [-0.05, 0) is 36.6 Å². The fourth-order valence-corrected chi connectivity index (χ4v) is 3.54. The molecule has 1 aliphatic rings. The number of carboxylic acids is 1. The third-order valence-corrected chi connectivity index (χ3v) is 5.06. The van der Waals surface area contributed by atoms with Crippen LogP contribution < -0.4 is 15.5 Å². The van der Waals surface area contributed by atoms with Crippen molar-refractivity contribution >= 4 is 54.2 Å². The minimum absolute atomic E-state index is 0.00617. The number of carbonyl (C=O) groups is 2. The maximum Gasteiger partial charge on any atom is 0.341 e. The first kappa shape index (κ1) is 20.2. The summed E-state index contributed by atoms with van der Waals surface area (Å²) < 4.78 is 5.15. The largest absolute Gasteiger partial charge is 0.481 e. The Bertz CT molecular complexity index is 976. The third kappa shape index (κ3) is 4.15. The smallest absolute Gasteiger partial charge is 0.341 e. The van der Waals surface area contributed by atoms with E-state index in [4.69, 9.17) is 46.3 Å². The number of amides is 1. The van der Waals surface area contributed by atoms with Gasteiger partial charge in [0.2, 0.25) is 0 Å². The molecule has 1 saturated carbocycles. The number of carboxylic acid groups (broad SMARTS) is 1. The topological polar surface area (TPSA) is 99.5 Å². The van der Waals surface area contributed by atoms with Crippen molar-refractivity contribution in [3.8, 4) is 5.75 Å². The van der Waals surface area contributed by atoms with Crippen molar-refractivity contribution in [2.24, 2.45) is 0 Å². The van der Waals surface area contributed by atoms with Gasteiger partial charge in [-0.3, -0.25) is 10.2 Å². The van der Waals surface area contributed by atoms with E-state index in [0.29, 0.717) is 28.3 Å². The zero-order valence-corrected chi connectivity index (χ0v) is 16.1. The second-order valence-electron chi connectivity index (χ2n) is 6.47. The summed E-state index contributed by atoms with van der Waals surface area (Å²) in [4.78, 5) is 23.5. The van der Waals surface area contributed by atoms with Crippen LogP contribution in [0.3, 0.4) is 0 Å². The summed E-state index contributed by atoms with van der Waals surface area (Å²) in [5.74, 6) is -1.73. The molecular weight excluding hydrogens is 402 g/mol. The van der Waals surface area contributed by atoms with Gasteiger partial charge in [0, 0.05) is 10.0 Å². The van der Waals surface area contributed by atoms with Gasteiger partial charge in [-0.25, -0.2) is 4.79 Å². The molecule has 3 rings (SSSR count). The molecule has 28 heavy (non-hydrogen) atoms. The van der Waals surface area contributed by atoms with E-state index in [1.54, 1.807) is 18.2 Å². The van der Waals surface area contributed by atoms with E-state index in [9.17, 15) is 9.59 Å². The van der Waals surface area contributed by atoms with Gasteiger partial charge in [0.05, 0.1) is 11.0 Å². The lowest BCUT2D eigenvalue weighted by Crippen LogP contribution is -2.39. The predicted octanol–water partition coefficient (Wildman–Crippen LogP) is 2.69. The summed E-state index contributed by atoms with van der Waals surface area (Å²) in [6, 6.07) is 9.32. The monoisotopic (exact) mass is 416 g/mol. The Labute approximate surface area is 172 Å². The molecule has 0 aromatic heterocycles. The van der Waals surface area contributed by atoms with Crippen LogP contribution in [-0.4, -0.2) is 37.3 Å². The average molecular weight is 417 g/mol. The molecule has 2 radical (unpaired) electrons. The van der Waals surface area contributed by atoms with Crippen molar-refractivity contribution in [3.63, 3.8) is 0 Å². The van der Waals surface area contributed by atoms with Crippen molar-refractivity contribution in [2.75, 3.05) is 6.61 Å². The van der Waals surface area contributed by atoms with Crippen LogP contribution in [0.5, 0.6) is 5.75 Å². The molecule has 0 heterocycles. The van der Waals surface area contributed by atoms with E-state index >= 15 is 0 Å². The SMILES string of the molecule is [B]c1ccc(OCC(=O)O)c(C(=O)NC(=N)C2(c3ccc(Cl)cc3Cl)CC2)c1. The van der Waals surface area contributed by atoms with Crippen LogP contribution >= 0.6 is 23.2 Å². The first-order chi connectivity index (χ1) is 13.2. The van der Waals surface area contributed by atoms with E-state index in [1.165, 1.54) is 18.2 Å². The Kier molecular flexibility index (Phi) is 5.68. The summed E-state index contributed by atoms with van der Waals surface area (Å²) in [7, 11) is 5.74. The fraction of sp³-hybridized carbons (Fsp3) is 0.211. The van der Waals surface area contributed by atoms with Crippen molar-refractivity contribution in [1.29, 1.82) is 5.41 Å². The summed E-state index contributed by atoms with van der Waals surface area (Å²) in [6.07, 6.45) is 1.32. The number of rotatable bonds is 6. The minimum Gasteiger partial charge on any atom is -0.481 e. The van der Waals surface area contributed by atoms with E-state index in [-0.39, 0.29) is 17.1 Å². The maximum absolute atomic E-state index is 12.7. The second-order valence-corrected chi connectivity index (χ2v) is 7.32. The first-order valence-corrected chi connectivity index (χ1v) is 9.08. The molecule has 1 aliphatic carbocycles. The highest BCUT2D eigenvalue weighted by Gasteiger charge is 2.50. The molecule has 0 atom stereocenters. The summed E-state index contributed by atoms with van der Waals surface area (Å²) in [6.45, 7) is -0.605. The van der Waals surface area contributed by atoms with Gasteiger partial charge in [0.1, 0.15) is 19.4 Å². The number of hydrogen-bond donors (Lipinski definition) is 3. The highest BCUT2D eigenvalue weighted by molar-refractivity contribution is 6.35. The number of benzene rings is 2. The lowest BCUT2D eigenvalue weighted by Gasteiger charge is -2.20. The van der Waals surface area contributed by atoms with Crippen molar-refractivity contribution in [1.82, 2.24) is 5.32 Å². The fourth-order valence-electron chi connectivity index (χ4n) is 2.95. The number of aliphatic carboxylic acids is 1. The Morgan fingerprint density at radius 2 is 1.93 bits per heavy atom. The molecule has 0 spiro atoms. The van der Waals surface area contributed by atoms with Gasteiger partial charge >= 0.3 is 5.97 Å². The molecule has 3 N–H and O–H groups in total. The zero-order chi connectivity index (χ0) is 20.5. The molecule has 0 aliphatic heterocycles. The van der Waals surface area contributed by atoms with Crippen molar-refractivity contribution < 1.29 is 19.4 Å². The molecule has 0 unspecified atom stereocenters. The van der Waals surface area contributed by atoms with Crippen LogP contribution in [0.15, 0.2) is 36.4 Å². The molecule has 2 aromatic rings. The quantitative estimate of drug-likeness (QED) is 0.383. The number of halogens is 2. The molecule has 1 amide bonds. The molecule has 142 valence electrons. The summed E-state index contributed by atoms with van der Waals surface area (Å²) in [5.41, 5.74) is 0.392. The van der Waals surface area contributed by atoms with E-state index < -0.39 is 23.9 Å². The van der Waals surface area contributed by atoms with Crippen LogP contribution in [0, 0.1) is 5.41 Å². The molecule has 9 heteroatoms. The van der Waals surface area contributed by atoms with E-state index in [2.05, 4.69) is 5.32 Å². The summed E-state index contributed by atoms with van der Waals surface area (Å²) >= 11 is 12.2. The average Bonchev–Trinajstić information content (AvgIpc) is 3.42. The first-order valence-electron chi connectivity index (χ1n) is 8.33. The van der Waals surface area contributed by atoms with Crippen LogP contribution in [0.1, 0.15) is 28.8 Å². The third-order valence-electron chi connectivity index (χ3n) is 4.51. The summed E-state index contributed by atoms with van der Waals surface area (Å²) in [5, 5.41) is 20.7. The zero-order valence-electron chi connectivity index (χ0n) is 14.6. The van der Waals surface area contributed by atoms with Crippen molar-refractivity contribution in [3.05, 3.63) is 57.6 Å². The van der Waals surface area contributed by atoms with Crippen LogP contribution in [0.25, 0.3) is 0 Å². The van der Waals surface area contributed by atoms with Crippen LogP contribution in [0.2, 0.25) is 10.0 Å². The maximum atomic E-state index is 12.7. The Balaban J connectivity index is 1.82. The van der Waals surface area contributed by atoms with Crippen molar-refractivity contribution in [2.45, 2.75) is 18.3 Å². The number of ether oxygens (including phenoxy) is 1. The predicted molar refractivity (Wildman–Crippen MR) is 108 cm³/mol. The number of hydrogen-bond acceptors (Lipinski definition) is 4. The molecule has 0 saturated heterocycles. The Hall–Kier alpha value is -2.51. The number of amidine groups is 1. The highest BCUT2D eigenvalue weighted by Crippen LogP contribution is 2.51. The highest BCUT2D eigenvalue weighted by atomic mass is 35.5. The van der Waals surface area contributed by atoms with Gasteiger partial charge in [0.25, 0.3) is 5.91 Å². The number of carbonyl (C=O) groups excluding carboxylic acids is 1. The lowest BCUT2D eigenvalue weighted by atomic mass is 9.92. The van der Waals surface area contributed by atoms with E-state index in [0.717, 1.165) is 5.56 Å². The Morgan fingerprint density at radius 1 is 1.21 bits per heavy atom. The van der Waals surface area contributed by atoms with Gasteiger partial charge < -0.3 is 15.2 Å². The second kappa shape index (κ2) is 7.85. The van der Waals surface area contributed by atoms with Crippen LogP contribution in [-0.2, 0) is 10.2 Å². The standard InChI is InChI=1S/C19H15BCl2N2O4/c20-10-1-4-15(28-9-16(25)26)12(7-10)17(27)24-18(23)19(5-6-19)13-3-2-11(21)8-14(13)22/h1-4,7-8H,5-6,9H2,(H,25,26)(H2,23,24,27). The molecule has 6 nitrogen and oxygen atoms in total. The van der Waals surface area contributed by atoms with Gasteiger partial charge in [-0.1, -0.05) is 46.9 Å². The van der Waals surface area contributed by atoms with Crippen LogP contribution in [0.4, 0.5) is 0 Å². The molecule has 0 bridgehead atoms. The lowest BCUT2D eigenvalue weighted by molar-refractivity contribution is -0.139. The van der Waals surface area contributed by atoms with Gasteiger partial charge in [-0.2, -0.15) is 0 Å². The molecule has 1 fully saturated rings. The normalized spacial score (nSPS) is 14.2. The Morgan fingerprint density at radius 3 is 2.54 bits per heavy atom. The van der Waals surface area contributed by atoms with E-state index in [1.807, 2.05) is 0 Å². The number of nitrogens with one attached hydrogen (secondary N) is 2. The molecular formula is C19H15BCl2N2O4. The minimum atomic E-state index is -1.18. The molecule has 2 aromatic carbocycles. The van der Waals surface area contributed by atoms with Gasteiger partial charge in [0.15, 0.2) is 6.61 Å².